The van der Waals surface area contributed by atoms with Crippen molar-refractivity contribution in [2.24, 2.45) is 5.10 Å². The minimum absolute atomic E-state index is 0.103. The summed E-state index contributed by atoms with van der Waals surface area (Å²) in [5.41, 5.74) is 6.17. The molecule has 19 heavy (non-hydrogen) atoms. The smallest absolute Gasteiger partial charge is 0.123 e. The topological polar surface area (TPSA) is 24.4 Å². The predicted octanol–water partition coefficient (Wildman–Crippen LogP) is 3.92. The van der Waals surface area contributed by atoms with Crippen LogP contribution >= 0.6 is 11.6 Å². The van der Waals surface area contributed by atoms with Crippen LogP contribution in [0.5, 0.6) is 0 Å². The van der Waals surface area contributed by atoms with E-state index in [0.29, 0.717) is 5.02 Å². The van der Waals surface area contributed by atoms with E-state index in [9.17, 15) is 4.39 Å². The van der Waals surface area contributed by atoms with Crippen LogP contribution in [0.3, 0.4) is 0 Å². The molecule has 0 bridgehead atoms. The molecular weight excluding hydrogens is 263 g/mol. The molecule has 0 aliphatic carbocycles. The van der Waals surface area contributed by atoms with E-state index < -0.39 is 0 Å². The lowest BCUT2D eigenvalue weighted by atomic mass is 9.99. The predicted molar refractivity (Wildman–Crippen MR) is 74.9 cm³/mol. The molecule has 0 amide bonds. The van der Waals surface area contributed by atoms with Crippen LogP contribution < -0.4 is 5.43 Å². The Balaban J connectivity index is 1.76. The summed E-state index contributed by atoms with van der Waals surface area (Å²) in [4.78, 5) is 0. The third-order valence-corrected chi connectivity index (χ3v) is 3.45. The molecule has 2 aromatic rings. The molecular formula is C15H12ClFN2. The third-order valence-electron chi connectivity index (χ3n) is 3.20. The first-order chi connectivity index (χ1) is 9.22. The Morgan fingerprint density at radius 2 is 1.74 bits per heavy atom. The summed E-state index contributed by atoms with van der Waals surface area (Å²) in [5.74, 6) is -0.222. The van der Waals surface area contributed by atoms with Gasteiger partial charge in [-0.05, 0) is 35.4 Å². The zero-order chi connectivity index (χ0) is 13.2. The molecule has 0 fully saturated rings. The lowest BCUT2D eigenvalue weighted by molar-refractivity contribution is 0.607. The molecule has 1 atom stereocenters. The highest BCUT2D eigenvalue weighted by Crippen LogP contribution is 2.25. The summed E-state index contributed by atoms with van der Waals surface area (Å²) in [6.45, 7) is 0. The maximum Gasteiger partial charge on any atom is 0.123 e. The molecule has 1 aliphatic rings. The van der Waals surface area contributed by atoms with Gasteiger partial charge >= 0.3 is 0 Å². The molecule has 2 aromatic carbocycles. The molecule has 4 heteroatoms. The van der Waals surface area contributed by atoms with Gasteiger partial charge in [0.15, 0.2) is 0 Å². The zero-order valence-electron chi connectivity index (χ0n) is 10.1. The first-order valence-electron chi connectivity index (χ1n) is 6.06. The molecule has 0 radical (unpaired) electrons. The van der Waals surface area contributed by atoms with E-state index in [1.54, 1.807) is 12.1 Å². The highest BCUT2D eigenvalue weighted by Gasteiger charge is 2.20. The third kappa shape index (κ3) is 2.61. The van der Waals surface area contributed by atoms with Crippen LogP contribution in [-0.4, -0.2) is 5.71 Å². The van der Waals surface area contributed by atoms with Crippen molar-refractivity contribution >= 4 is 17.3 Å². The lowest BCUT2D eigenvalue weighted by Crippen LogP contribution is -2.09. The largest absolute Gasteiger partial charge is 0.302 e. The van der Waals surface area contributed by atoms with Crippen molar-refractivity contribution in [2.45, 2.75) is 12.5 Å². The van der Waals surface area contributed by atoms with Crippen LogP contribution in [0.15, 0.2) is 53.6 Å². The average Bonchev–Trinajstić information content (AvgIpc) is 2.90. The first kappa shape index (κ1) is 12.2. The zero-order valence-corrected chi connectivity index (χ0v) is 10.9. The Morgan fingerprint density at radius 1 is 1.05 bits per heavy atom. The Bertz CT molecular complexity index is 605. The maximum absolute atomic E-state index is 12.9. The fourth-order valence-corrected chi connectivity index (χ4v) is 2.28. The van der Waals surface area contributed by atoms with Gasteiger partial charge in [-0.2, -0.15) is 5.10 Å². The summed E-state index contributed by atoms with van der Waals surface area (Å²) in [5, 5.41) is 5.06. The molecule has 3 rings (SSSR count). The Morgan fingerprint density at radius 3 is 2.42 bits per heavy atom. The number of benzene rings is 2. The van der Waals surface area contributed by atoms with Gasteiger partial charge in [0, 0.05) is 11.4 Å². The van der Waals surface area contributed by atoms with Crippen molar-refractivity contribution in [3.05, 3.63) is 70.5 Å². The van der Waals surface area contributed by atoms with Crippen molar-refractivity contribution in [1.82, 2.24) is 5.43 Å². The fraction of sp³-hybridized carbons (Fsp3) is 0.133. The van der Waals surface area contributed by atoms with Crippen molar-refractivity contribution < 1.29 is 4.39 Å². The normalized spacial score (nSPS) is 18.0. The van der Waals surface area contributed by atoms with E-state index in [4.69, 9.17) is 11.6 Å². The van der Waals surface area contributed by atoms with Crippen molar-refractivity contribution in [3.8, 4) is 0 Å². The standard InChI is InChI=1S/C15H12ClFN2/c16-12-5-1-10(2-6-12)14-9-15(19-18-14)11-3-7-13(17)8-4-11/h1-8,15,19H,9H2. The van der Waals surface area contributed by atoms with Crippen LogP contribution in [0.2, 0.25) is 5.02 Å². The average molecular weight is 275 g/mol. The van der Waals surface area contributed by atoms with E-state index in [2.05, 4.69) is 10.5 Å². The van der Waals surface area contributed by atoms with Gasteiger partial charge in [-0.25, -0.2) is 4.39 Å². The van der Waals surface area contributed by atoms with Gasteiger partial charge in [-0.3, -0.25) is 0 Å². The van der Waals surface area contributed by atoms with Gasteiger partial charge in [0.25, 0.3) is 0 Å². The molecule has 1 aliphatic heterocycles. The van der Waals surface area contributed by atoms with E-state index in [1.807, 2.05) is 24.3 Å². The highest BCUT2D eigenvalue weighted by atomic mass is 35.5. The number of hydrogen-bond donors (Lipinski definition) is 1. The number of nitrogens with one attached hydrogen (secondary N) is 1. The van der Waals surface area contributed by atoms with Gasteiger partial charge in [-0.15, -0.1) is 0 Å². The van der Waals surface area contributed by atoms with E-state index in [1.165, 1.54) is 12.1 Å². The molecule has 0 saturated heterocycles. The summed E-state index contributed by atoms with van der Waals surface area (Å²) in [7, 11) is 0. The number of nitrogens with zero attached hydrogens (tertiary/aromatic N) is 1. The molecule has 2 nitrogen and oxygen atoms in total. The van der Waals surface area contributed by atoms with Crippen LogP contribution in [0, 0.1) is 5.82 Å². The molecule has 1 heterocycles. The van der Waals surface area contributed by atoms with Crippen LogP contribution in [-0.2, 0) is 0 Å². The molecule has 1 N–H and O–H groups in total. The number of halogens is 2. The molecule has 0 aromatic heterocycles. The Labute approximate surface area is 115 Å². The van der Waals surface area contributed by atoms with Gasteiger partial charge in [-0.1, -0.05) is 35.9 Å². The maximum atomic E-state index is 12.9. The fourth-order valence-electron chi connectivity index (χ4n) is 2.15. The second-order valence-corrected chi connectivity index (χ2v) is 4.94. The minimum atomic E-state index is -0.222. The summed E-state index contributed by atoms with van der Waals surface area (Å²) >= 11 is 5.87. The van der Waals surface area contributed by atoms with Crippen LogP contribution in [0.4, 0.5) is 4.39 Å². The number of rotatable bonds is 2. The van der Waals surface area contributed by atoms with Crippen LogP contribution in [0.25, 0.3) is 0 Å². The van der Waals surface area contributed by atoms with Gasteiger partial charge in [0.2, 0.25) is 0 Å². The second-order valence-electron chi connectivity index (χ2n) is 4.50. The van der Waals surface area contributed by atoms with E-state index in [-0.39, 0.29) is 11.9 Å². The molecule has 96 valence electrons. The summed E-state index contributed by atoms with van der Waals surface area (Å²) in [6.07, 6.45) is 0.785. The van der Waals surface area contributed by atoms with Crippen LogP contribution in [0.1, 0.15) is 23.6 Å². The second kappa shape index (κ2) is 5.02. The number of hydrogen-bond acceptors (Lipinski definition) is 2. The van der Waals surface area contributed by atoms with Crippen molar-refractivity contribution in [2.75, 3.05) is 0 Å². The Hall–Kier alpha value is -1.87. The van der Waals surface area contributed by atoms with Crippen molar-refractivity contribution in [3.63, 3.8) is 0 Å². The Kier molecular flexibility index (Phi) is 3.22. The van der Waals surface area contributed by atoms with E-state index >= 15 is 0 Å². The molecule has 0 spiro atoms. The lowest BCUT2D eigenvalue weighted by Gasteiger charge is -2.09. The summed E-state index contributed by atoms with van der Waals surface area (Å²) < 4.78 is 12.9. The van der Waals surface area contributed by atoms with Gasteiger partial charge in [0.05, 0.1) is 11.8 Å². The highest BCUT2D eigenvalue weighted by molar-refractivity contribution is 6.30. The quantitative estimate of drug-likeness (QED) is 0.882. The van der Waals surface area contributed by atoms with E-state index in [0.717, 1.165) is 23.3 Å². The van der Waals surface area contributed by atoms with Gasteiger partial charge < -0.3 is 5.43 Å². The molecule has 0 saturated carbocycles. The monoisotopic (exact) mass is 274 g/mol. The SMILES string of the molecule is Fc1ccc(C2CC(c3ccc(Cl)cc3)=NN2)cc1. The first-order valence-corrected chi connectivity index (χ1v) is 6.44. The minimum Gasteiger partial charge on any atom is -0.302 e. The molecule has 1 unspecified atom stereocenters. The number of hydrazone groups is 1. The summed E-state index contributed by atoms with van der Waals surface area (Å²) in [6, 6.07) is 14.2. The van der Waals surface area contributed by atoms with Gasteiger partial charge in [0.1, 0.15) is 5.82 Å². The van der Waals surface area contributed by atoms with Crippen molar-refractivity contribution in [1.29, 1.82) is 0 Å².